The summed E-state index contributed by atoms with van der Waals surface area (Å²) in [5.74, 6) is 3.06. The van der Waals surface area contributed by atoms with Gasteiger partial charge in [0, 0.05) is 4.47 Å². The van der Waals surface area contributed by atoms with Gasteiger partial charge in [0.05, 0.1) is 24.2 Å². The van der Waals surface area contributed by atoms with E-state index >= 15 is 0 Å². The lowest BCUT2D eigenvalue weighted by atomic mass is 9.39. The number of rotatable bonds is 6. The second-order valence-corrected chi connectivity index (χ2v) is 14.7. The Morgan fingerprint density at radius 2 is 1.74 bits per heavy atom. The molecule has 4 fully saturated rings. The van der Waals surface area contributed by atoms with Crippen LogP contribution in [0.25, 0.3) is 0 Å². The van der Waals surface area contributed by atoms with Crippen molar-refractivity contribution in [1.82, 2.24) is 0 Å². The molecule has 5 rings (SSSR count). The highest BCUT2D eigenvalue weighted by molar-refractivity contribution is 9.10. The number of benzene rings is 1. The van der Waals surface area contributed by atoms with Crippen LogP contribution in [-0.2, 0) is 14.3 Å². The predicted octanol–water partition coefficient (Wildman–Crippen LogP) is 8.61. The average Bonchev–Trinajstić information content (AvgIpc) is 3.36. The normalized spacial score (nSPS) is 40.8. The fourth-order valence-corrected chi connectivity index (χ4v) is 10.4. The van der Waals surface area contributed by atoms with Crippen molar-refractivity contribution in [2.45, 2.75) is 104 Å². The van der Waals surface area contributed by atoms with Crippen molar-refractivity contribution in [3.05, 3.63) is 34.3 Å². The van der Waals surface area contributed by atoms with E-state index in [9.17, 15) is 9.59 Å². The number of carbonyl (C=O) groups is 2. The number of halogens is 1. The molecule has 5 heteroatoms. The van der Waals surface area contributed by atoms with Gasteiger partial charge in [0.2, 0.25) is 0 Å². The average molecular weight is 588 g/mol. The van der Waals surface area contributed by atoms with Crippen LogP contribution in [0.4, 0.5) is 0 Å². The first kappa shape index (κ1) is 28.2. The van der Waals surface area contributed by atoms with Gasteiger partial charge in [0.15, 0.2) is 0 Å². The smallest absolute Gasteiger partial charge is 0.338 e. The quantitative estimate of drug-likeness (QED) is 0.313. The largest absolute Gasteiger partial charge is 0.469 e. The summed E-state index contributed by atoms with van der Waals surface area (Å²) in [6.07, 6.45) is 12.6. The summed E-state index contributed by atoms with van der Waals surface area (Å²) in [6.45, 7) is 9.66. The lowest BCUT2D eigenvalue weighted by molar-refractivity contribution is -0.183. The molecule has 38 heavy (non-hydrogen) atoms. The van der Waals surface area contributed by atoms with Crippen LogP contribution in [-0.4, -0.2) is 25.2 Å². The zero-order chi connectivity index (χ0) is 27.3. The van der Waals surface area contributed by atoms with E-state index in [1.807, 2.05) is 24.3 Å². The Morgan fingerprint density at radius 1 is 1.00 bits per heavy atom. The fourth-order valence-electron chi connectivity index (χ4n) is 10.1. The summed E-state index contributed by atoms with van der Waals surface area (Å²) in [7, 11) is 1.59. The number of esters is 2. The van der Waals surface area contributed by atoms with E-state index in [0.717, 1.165) is 30.2 Å². The first-order valence-corrected chi connectivity index (χ1v) is 15.9. The Balaban J connectivity index is 1.29. The molecular formula is C33H47BrO4. The third-order valence-corrected chi connectivity index (χ3v) is 12.9. The molecule has 210 valence electrons. The van der Waals surface area contributed by atoms with Gasteiger partial charge in [-0.2, -0.15) is 0 Å². The highest BCUT2D eigenvalue weighted by atomic mass is 79.9. The molecule has 4 unspecified atom stereocenters. The van der Waals surface area contributed by atoms with Crippen molar-refractivity contribution in [2.24, 2.45) is 45.8 Å². The molecule has 1 aromatic carbocycles. The van der Waals surface area contributed by atoms with Crippen molar-refractivity contribution >= 4 is 27.9 Å². The molecular weight excluding hydrogens is 540 g/mol. The van der Waals surface area contributed by atoms with Crippen LogP contribution in [0.2, 0.25) is 0 Å². The maximum absolute atomic E-state index is 13.0. The molecule has 0 N–H and O–H groups in total. The van der Waals surface area contributed by atoms with Gasteiger partial charge in [-0.1, -0.05) is 43.1 Å². The van der Waals surface area contributed by atoms with Crippen LogP contribution in [0.5, 0.6) is 0 Å². The topological polar surface area (TPSA) is 52.6 Å². The Kier molecular flexibility index (Phi) is 7.83. The first-order valence-electron chi connectivity index (χ1n) is 15.1. The number of ether oxygens (including phenoxy) is 2. The van der Waals surface area contributed by atoms with Crippen LogP contribution in [0.3, 0.4) is 0 Å². The molecule has 0 aliphatic heterocycles. The zero-order valence-electron chi connectivity index (χ0n) is 24.1. The van der Waals surface area contributed by atoms with Gasteiger partial charge < -0.3 is 9.47 Å². The maximum atomic E-state index is 13.0. The predicted molar refractivity (Wildman–Crippen MR) is 154 cm³/mol. The number of hydrogen-bond donors (Lipinski definition) is 0. The lowest BCUT2D eigenvalue weighted by Crippen LogP contribution is -2.59. The second-order valence-electron chi connectivity index (χ2n) is 13.8. The highest BCUT2D eigenvalue weighted by Gasteiger charge is 2.64. The van der Waals surface area contributed by atoms with Crippen molar-refractivity contribution in [3.63, 3.8) is 0 Å². The molecule has 4 aliphatic carbocycles. The van der Waals surface area contributed by atoms with Crippen molar-refractivity contribution in [1.29, 1.82) is 0 Å². The highest BCUT2D eigenvalue weighted by Crippen LogP contribution is 2.70. The van der Waals surface area contributed by atoms with E-state index in [0.29, 0.717) is 40.6 Å². The lowest BCUT2D eigenvalue weighted by Gasteiger charge is -2.65. The van der Waals surface area contributed by atoms with Gasteiger partial charge in [0.25, 0.3) is 0 Å². The van der Waals surface area contributed by atoms with Gasteiger partial charge in [-0.25, -0.2) is 4.79 Å². The summed E-state index contributed by atoms with van der Waals surface area (Å²) < 4.78 is 12.2. The third-order valence-electron chi connectivity index (χ3n) is 12.3. The standard InChI is InChI=1S/C33H47BrO4/c1-21-14-18-32(4)26-16-20-33(30(36)37-5)17-6-7-27(33)25(26)12-13-28(32)31(21,3)19-15-22(2)38-29(35)23-8-10-24(34)11-9-23/h8-11,21-22,25-28H,6-7,12-20H2,1-5H3/t21-,22-,25?,26?,27?,28?,31+,32+,33+/m1/s1. The monoisotopic (exact) mass is 586 g/mol. The first-order chi connectivity index (χ1) is 18.0. The van der Waals surface area contributed by atoms with Gasteiger partial charge in [-0.3, -0.25) is 4.79 Å². The van der Waals surface area contributed by atoms with E-state index < -0.39 is 0 Å². The van der Waals surface area contributed by atoms with Crippen molar-refractivity contribution in [2.75, 3.05) is 7.11 Å². The molecule has 0 heterocycles. The SMILES string of the molecule is COC(=O)[C@]12CCCC1C1CCC3[C@@](C)(CC[C@@H](C)[C@]3(C)CC[C@@H](C)OC(=O)c3ccc(Br)cc3)C1CC2. The van der Waals surface area contributed by atoms with E-state index in [2.05, 4.69) is 43.6 Å². The van der Waals surface area contributed by atoms with Crippen LogP contribution in [0, 0.1) is 45.8 Å². The van der Waals surface area contributed by atoms with Crippen LogP contribution < -0.4 is 0 Å². The van der Waals surface area contributed by atoms with Crippen LogP contribution in [0.15, 0.2) is 28.7 Å². The molecule has 4 saturated carbocycles. The second kappa shape index (κ2) is 10.6. The van der Waals surface area contributed by atoms with E-state index in [-0.39, 0.29) is 28.9 Å². The summed E-state index contributed by atoms with van der Waals surface area (Å²) in [5.41, 5.74) is 0.962. The molecule has 1 aromatic rings. The molecule has 0 spiro atoms. The molecule has 0 aromatic heterocycles. The summed E-state index contributed by atoms with van der Waals surface area (Å²) in [4.78, 5) is 25.7. The molecule has 0 saturated heterocycles. The molecule has 0 amide bonds. The minimum absolute atomic E-state index is 0.0690. The Hall–Kier alpha value is -1.36. The van der Waals surface area contributed by atoms with E-state index in [1.165, 1.54) is 44.9 Å². The Labute approximate surface area is 238 Å². The minimum Gasteiger partial charge on any atom is -0.469 e. The van der Waals surface area contributed by atoms with Crippen LogP contribution >= 0.6 is 15.9 Å². The van der Waals surface area contributed by atoms with Crippen molar-refractivity contribution < 1.29 is 19.1 Å². The number of fused-ring (bicyclic) bond motifs is 5. The molecule has 4 aliphatic rings. The zero-order valence-corrected chi connectivity index (χ0v) is 25.6. The maximum Gasteiger partial charge on any atom is 0.338 e. The van der Waals surface area contributed by atoms with E-state index in [4.69, 9.17) is 9.47 Å². The fraction of sp³-hybridized carbons (Fsp3) is 0.758. The summed E-state index contributed by atoms with van der Waals surface area (Å²) >= 11 is 3.43. The molecule has 4 nitrogen and oxygen atoms in total. The van der Waals surface area contributed by atoms with Gasteiger partial charge in [-0.15, -0.1) is 0 Å². The Morgan fingerprint density at radius 3 is 2.45 bits per heavy atom. The number of methoxy groups -OCH3 is 1. The van der Waals surface area contributed by atoms with Crippen molar-refractivity contribution in [3.8, 4) is 0 Å². The number of carbonyl (C=O) groups excluding carboxylic acids is 2. The minimum atomic E-state index is -0.231. The molecule has 9 atom stereocenters. The summed E-state index contributed by atoms with van der Waals surface area (Å²) in [5, 5.41) is 0. The van der Waals surface area contributed by atoms with Gasteiger partial charge >= 0.3 is 11.9 Å². The van der Waals surface area contributed by atoms with Gasteiger partial charge in [-0.05, 0) is 136 Å². The molecule has 0 radical (unpaired) electrons. The third kappa shape index (κ3) is 4.57. The van der Waals surface area contributed by atoms with Gasteiger partial charge in [0.1, 0.15) is 0 Å². The molecule has 0 bridgehead atoms. The number of hydrogen-bond acceptors (Lipinski definition) is 4. The summed E-state index contributed by atoms with van der Waals surface area (Å²) in [6, 6.07) is 7.40. The van der Waals surface area contributed by atoms with Crippen LogP contribution in [0.1, 0.15) is 109 Å². The Bertz CT molecular complexity index is 1040. The van der Waals surface area contributed by atoms with E-state index in [1.54, 1.807) is 7.11 Å².